The molecule has 0 spiro atoms. The number of esters is 1. The molecule has 0 aliphatic carbocycles. The van der Waals surface area contributed by atoms with Gasteiger partial charge in [-0.2, -0.15) is 0 Å². The summed E-state index contributed by atoms with van der Waals surface area (Å²) in [4.78, 5) is 36.1. The molecule has 0 fully saturated rings. The third-order valence-corrected chi connectivity index (χ3v) is 2.73. The van der Waals surface area contributed by atoms with Crippen LogP contribution in [-0.2, 0) is 19.1 Å². The van der Waals surface area contributed by atoms with Crippen molar-refractivity contribution in [2.75, 3.05) is 26.3 Å². The van der Waals surface area contributed by atoms with Crippen molar-refractivity contribution in [3.63, 3.8) is 0 Å². The summed E-state index contributed by atoms with van der Waals surface area (Å²) >= 11 is 0. The number of ether oxygens (including phenoxy) is 2. The second-order valence-corrected chi connectivity index (χ2v) is 4.40. The minimum absolute atomic E-state index is 0.0204. The van der Waals surface area contributed by atoms with Gasteiger partial charge in [0.2, 0.25) is 5.91 Å². The van der Waals surface area contributed by atoms with Crippen LogP contribution in [0, 0.1) is 0 Å². The van der Waals surface area contributed by atoms with Crippen LogP contribution in [0.15, 0.2) is 0 Å². The quantitative estimate of drug-likeness (QED) is 0.484. The van der Waals surface area contributed by atoms with Crippen molar-refractivity contribution in [1.82, 2.24) is 4.90 Å². The SMILES string of the molecule is CCOC(=O)CCN(C(=O)CCCCCN)C(=O)OCC. The van der Waals surface area contributed by atoms with E-state index in [1.54, 1.807) is 13.8 Å². The first-order valence-electron chi connectivity index (χ1n) is 7.39. The molecular formula is C14H26N2O5. The van der Waals surface area contributed by atoms with E-state index >= 15 is 0 Å². The second kappa shape index (κ2) is 12.1. The van der Waals surface area contributed by atoms with Gasteiger partial charge in [-0.3, -0.25) is 9.59 Å². The fourth-order valence-electron chi connectivity index (χ4n) is 1.69. The molecule has 0 aliphatic heterocycles. The third kappa shape index (κ3) is 9.01. The molecule has 0 atom stereocenters. The van der Waals surface area contributed by atoms with Gasteiger partial charge in [0.25, 0.3) is 0 Å². The van der Waals surface area contributed by atoms with Gasteiger partial charge in [-0.15, -0.1) is 0 Å². The lowest BCUT2D eigenvalue weighted by Gasteiger charge is -2.19. The smallest absolute Gasteiger partial charge is 0.416 e. The lowest BCUT2D eigenvalue weighted by molar-refractivity contribution is -0.143. The van der Waals surface area contributed by atoms with Gasteiger partial charge >= 0.3 is 12.1 Å². The largest absolute Gasteiger partial charge is 0.466 e. The molecule has 0 unspecified atom stereocenters. The predicted molar refractivity (Wildman–Crippen MR) is 77.5 cm³/mol. The van der Waals surface area contributed by atoms with E-state index < -0.39 is 12.1 Å². The molecule has 7 nitrogen and oxygen atoms in total. The molecule has 0 heterocycles. The van der Waals surface area contributed by atoms with E-state index in [0.717, 1.165) is 17.7 Å². The maximum Gasteiger partial charge on any atom is 0.416 e. The van der Waals surface area contributed by atoms with Crippen LogP contribution >= 0.6 is 0 Å². The molecule has 7 heteroatoms. The molecule has 122 valence electrons. The third-order valence-electron chi connectivity index (χ3n) is 2.73. The fraction of sp³-hybridized carbons (Fsp3) is 0.786. The molecule has 0 bridgehead atoms. The summed E-state index contributed by atoms with van der Waals surface area (Å²) in [5.74, 6) is -0.780. The van der Waals surface area contributed by atoms with Crippen LogP contribution in [0.4, 0.5) is 4.79 Å². The van der Waals surface area contributed by atoms with Crippen molar-refractivity contribution < 1.29 is 23.9 Å². The Balaban J connectivity index is 4.40. The maximum atomic E-state index is 12.0. The van der Waals surface area contributed by atoms with E-state index in [-0.39, 0.29) is 38.5 Å². The minimum Gasteiger partial charge on any atom is -0.466 e. The van der Waals surface area contributed by atoms with Crippen molar-refractivity contribution in [2.45, 2.75) is 46.0 Å². The number of imide groups is 1. The Labute approximate surface area is 125 Å². The Hall–Kier alpha value is -1.63. The Morgan fingerprint density at radius 3 is 2.19 bits per heavy atom. The fourth-order valence-corrected chi connectivity index (χ4v) is 1.69. The van der Waals surface area contributed by atoms with Gasteiger partial charge in [0.15, 0.2) is 0 Å². The average Bonchev–Trinajstić information content (AvgIpc) is 2.44. The Morgan fingerprint density at radius 2 is 1.62 bits per heavy atom. The summed E-state index contributed by atoms with van der Waals surface area (Å²) < 4.78 is 9.62. The number of unbranched alkanes of at least 4 members (excludes halogenated alkanes) is 2. The van der Waals surface area contributed by atoms with Crippen molar-refractivity contribution in [3.05, 3.63) is 0 Å². The van der Waals surface area contributed by atoms with Crippen molar-refractivity contribution in [2.24, 2.45) is 5.73 Å². The summed E-state index contributed by atoms with van der Waals surface area (Å²) in [5, 5.41) is 0. The molecule has 0 aromatic heterocycles. The van der Waals surface area contributed by atoms with Crippen LogP contribution in [0.3, 0.4) is 0 Å². The monoisotopic (exact) mass is 302 g/mol. The second-order valence-electron chi connectivity index (χ2n) is 4.40. The lowest BCUT2D eigenvalue weighted by Crippen LogP contribution is -2.39. The molecular weight excluding hydrogens is 276 g/mol. The molecule has 0 saturated carbocycles. The predicted octanol–water partition coefficient (Wildman–Crippen LogP) is 1.44. The summed E-state index contributed by atoms with van der Waals surface area (Å²) in [5.41, 5.74) is 5.38. The van der Waals surface area contributed by atoms with Gasteiger partial charge in [-0.05, 0) is 33.2 Å². The van der Waals surface area contributed by atoms with Crippen molar-refractivity contribution >= 4 is 18.0 Å². The zero-order chi connectivity index (χ0) is 16.1. The highest BCUT2D eigenvalue weighted by atomic mass is 16.6. The molecule has 21 heavy (non-hydrogen) atoms. The molecule has 2 N–H and O–H groups in total. The Kier molecular flexibility index (Phi) is 11.2. The number of carbonyl (C=O) groups is 3. The molecule has 2 amide bonds. The van der Waals surface area contributed by atoms with Crippen LogP contribution < -0.4 is 5.73 Å². The van der Waals surface area contributed by atoms with Crippen LogP contribution in [0.25, 0.3) is 0 Å². The first-order valence-corrected chi connectivity index (χ1v) is 7.39. The van der Waals surface area contributed by atoms with Crippen LogP contribution in [0.5, 0.6) is 0 Å². The zero-order valence-electron chi connectivity index (χ0n) is 12.9. The van der Waals surface area contributed by atoms with E-state index in [4.69, 9.17) is 15.2 Å². The van der Waals surface area contributed by atoms with Gasteiger partial charge in [0.1, 0.15) is 0 Å². The number of hydrogen-bond donors (Lipinski definition) is 1. The molecule has 0 saturated heterocycles. The number of amides is 2. The van der Waals surface area contributed by atoms with Crippen LogP contribution in [-0.4, -0.2) is 49.2 Å². The summed E-state index contributed by atoms with van der Waals surface area (Å²) in [6.07, 6.45) is 1.83. The van der Waals surface area contributed by atoms with Gasteiger partial charge in [0.05, 0.1) is 19.6 Å². The maximum absolute atomic E-state index is 12.0. The van der Waals surface area contributed by atoms with Gasteiger partial charge in [-0.25, -0.2) is 9.69 Å². The highest BCUT2D eigenvalue weighted by Gasteiger charge is 2.23. The molecule has 0 aliphatic rings. The van der Waals surface area contributed by atoms with Gasteiger partial charge in [-0.1, -0.05) is 6.42 Å². The Bertz CT molecular complexity index is 333. The Morgan fingerprint density at radius 1 is 0.952 bits per heavy atom. The number of nitrogens with zero attached hydrogens (tertiary/aromatic N) is 1. The van der Waals surface area contributed by atoms with E-state index in [2.05, 4.69) is 0 Å². The van der Waals surface area contributed by atoms with E-state index in [1.807, 2.05) is 0 Å². The summed E-state index contributed by atoms with van der Waals surface area (Å²) in [6, 6.07) is 0. The normalized spacial score (nSPS) is 10.0. The molecule has 0 aromatic rings. The first-order chi connectivity index (χ1) is 10.1. The first kappa shape index (κ1) is 19.4. The van der Waals surface area contributed by atoms with E-state index in [0.29, 0.717) is 13.0 Å². The van der Waals surface area contributed by atoms with Crippen molar-refractivity contribution in [3.8, 4) is 0 Å². The lowest BCUT2D eigenvalue weighted by atomic mass is 10.2. The van der Waals surface area contributed by atoms with Crippen LogP contribution in [0.1, 0.15) is 46.0 Å². The highest BCUT2D eigenvalue weighted by molar-refractivity contribution is 5.92. The highest BCUT2D eigenvalue weighted by Crippen LogP contribution is 2.06. The van der Waals surface area contributed by atoms with Crippen molar-refractivity contribution in [1.29, 1.82) is 0 Å². The standard InChI is InChI=1S/C14H26N2O5/c1-3-20-13(18)9-11-16(14(19)21-4-2)12(17)8-6-5-7-10-15/h3-11,15H2,1-2H3. The number of nitrogens with two attached hydrogens (primary N) is 1. The molecule has 0 aromatic carbocycles. The summed E-state index contributed by atoms with van der Waals surface area (Å²) in [6.45, 7) is 4.36. The van der Waals surface area contributed by atoms with E-state index in [1.165, 1.54) is 0 Å². The number of carbonyl (C=O) groups excluding carboxylic acids is 3. The van der Waals surface area contributed by atoms with E-state index in [9.17, 15) is 14.4 Å². The van der Waals surface area contributed by atoms with Gasteiger partial charge in [0, 0.05) is 13.0 Å². The number of rotatable bonds is 10. The van der Waals surface area contributed by atoms with Crippen LogP contribution in [0.2, 0.25) is 0 Å². The minimum atomic E-state index is -0.717. The number of hydrogen-bond acceptors (Lipinski definition) is 6. The average molecular weight is 302 g/mol. The zero-order valence-corrected chi connectivity index (χ0v) is 12.9. The topological polar surface area (TPSA) is 98.9 Å². The van der Waals surface area contributed by atoms with Gasteiger partial charge < -0.3 is 15.2 Å². The molecule has 0 rings (SSSR count). The molecule has 0 radical (unpaired) electrons. The summed E-state index contributed by atoms with van der Waals surface area (Å²) in [7, 11) is 0.